The zero-order valence-electron chi connectivity index (χ0n) is 10.4. The van der Waals surface area contributed by atoms with Gasteiger partial charge < -0.3 is 16.2 Å². The van der Waals surface area contributed by atoms with Crippen LogP contribution in [0.4, 0.5) is 15.8 Å². The standard InChI is InChI=1S/C14H12BrFN2O2/c15-9-3-1-2-8(4-9)7-18-13-6-11(16)10(14(19)20)5-12(13)17/h1-6,18H,7,17H2,(H,19,20). The highest BCUT2D eigenvalue weighted by atomic mass is 79.9. The fourth-order valence-electron chi connectivity index (χ4n) is 1.75. The van der Waals surface area contributed by atoms with Gasteiger partial charge in [0.05, 0.1) is 16.9 Å². The number of hydrogen-bond acceptors (Lipinski definition) is 3. The second kappa shape index (κ2) is 5.92. The molecule has 0 atom stereocenters. The summed E-state index contributed by atoms with van der Waals surface area (Å²) in [5, 5.41) is 11.8. The zero-order valence-corrected chi connectivity index (χ0v) is 11.9. The Morgan fingerprint density at radius 2 is 2.10 bits per heavy atom. The van der Waals surface area contributed by atoms with Gasteiger partial charge in [-0.2, -0.15) is 0 Å². The van der Waals surface area contributed by atoms with Crippen LogP contribution < -0.4 is 11.1 Å². The number of nitrogen functional groups attached to an aromatic ring is 1. The summed E-state index contributed by atoms with van der Waals surface area (Å²) in [5.74, 6) is -2.16. The molecule has 2 aromatic rings. The van der Waals surface area contributed by atoms with E-state index in [1.165, 1.54) is 0 Å². The van der Waals surface area contributed by atoms with Crippen LogP contribution in [0, 0.1) is 5.82 Å². The molecule has 0 aliphatic carbocycles. The lowest BCUT2D eigenvalue weighted by Gasteiger charge is -2.11. The molecule has 0 saturated heterocycles. The summed E-state index contributed by atoms with van der Waals surface area (Å²) in [7, 11) is 0. The smallest absolute Gasteiger partial charge is 0.338 e. The normalized spacial score (nSPS) is 10.3. The van der Waals surface area contributed by atoms with E-state index in [-0.39, 0.29) is 5.69 Å². The van der Waals surface area contributed by atoms with E-state index < -0.39 is 17.3 Å². The van der Waals surface area contributed by atoms with Crippen molar-refractivity contribution in [1.82, 2.24) is 0 Å². The largest absolute Gasteiger partial charge is 0.478 e. The van der Waals surface area contributed by atoms with Crippen molar-refractivity contribution in [3.63, 3.8) is 0 Å². The molecule has 4 nitrogen and oxygen atoms in total. The molecule has 0 aliphatic rings. The third-order valence-electron chi connectivity index (χ3n) is 2.74. The summed E-state index contributed by atoms with van der Waals surface area (Å²) in [4.78, 5) is 10.8. The van der Waals surface area contributed by atoms with E-state index in [2.05, 4.69) is 21.2 Å². The van der Waals surface area contributed by atoms with Gasteiger partial charge in [0.15, 0.2) is 0 Å². The van der Waals surface area contributed by atoms with E-state index in [9.17, 15) is 9.18 Å². The molecule has 4 N–H and O–H groups in total. The summed E-state index contributed by atoms with van der Waals surface area (Å²) in [6.07, 6.45) is 0. The average molecular weight is 339 g/mol. The van der Waals surface area contributed by atoms with Gasteiger partial charge in [0, 0.05) is 11.0 Å². The highest BCUT2D eigenvalue weighted by molar-refractivity contribution is 9.10. The number of rotatable bonds is 4. The molecule has 0 aliphatic heterocycles. The molecule has 0 saturated carbocycles. The lowest BCUT2D eigenvalue weighted by atomic mass is 10.1. The van der Waals surface area contributed by atoms with Crippen molar-refractivity contribution in [2.24, 2.45) is 0 Å². The van der Waals surface area contributed by atoms with Crippen LogP contribution in [0.15, 0.2) is 40.9 Å². The minimum absolute atomic E-state index is 0.193. The fraction of sp³-hybridized carbons (Fsp3) is 0.0714. The first-order valence-electron chi connectivity index (χ1n) is 5.78. The number of halogens is 2. The molecule has 6 heteroatoms. The highest BCUT2D eigenvalue weighted by Gasteiger charge is 2.13. The Balaban J connectivity index is 2.18. The van der Waals surface area contributed by atoms with Crippen LogP contribution in [0.5, 0.6) is 0 Å². The van der Waals surface area contributed by atoms with Gasteiger partial charge in [-0.15, -0.1) is 0 Å². The number of carboxylic acid groups (broad SMARTS) is 1. The molecule has 0 spiro atoms. The van der Waals surface area contributed by atoms with Crippen LogP contribution in [0.2, 0.25) is 0 Å². The van der Waals surface area contributed by atoms with E-state index in [1.54, 1.807) is 0 Å². The van der Waals surface area contributed by atoms with Crippen molar-refractivity contribution in [1.29, 1.82) is 0 Å². The third-order valence-corrected chi connectivity index (χ3v) is 3.23. The zero-order chi connectivity index (χ0) is 14.7. The second-order valence-corrected chi connectivity index (χ2v) is 5.12. The van der Waals surface area contributed by atoms with Crippen LogP contribution in [0.3, 0.4) is 0 Å². The van der Waals surface area contributed by atoms with Crippen molar-refractivity contribution >= 4 is 33.3 Å². The fourth-order valence-corrected chi connectivity index (χ4v) is 2.20. The number of nitrogens with two attached hydrogens (primary N) is 1. The maximum absolute atomic E-state index is 13.6. The summed E-state index contributed by atoms with van der Waals surface area (Å²) in [5.41, 5.74) is 6.83. The van der Waals surface area contributed by atoms with Crippen LogP contribution in [0.1, 0.15) is 15.9 Å². The molecule has 0 unspecified atom stereocenters. The molecule has 20 heavy (non-hydrogen) atoms. The molecule has 2 aromatic carbocycles. The molecule has 0 heterocycles. The first kappa shape index (κ1) is 14.3. The van der Waals surface area contributed by atoms with Crippen LogP contribution >= 0.6 is 15.9 Å². The van der Waals surface area contributed by atoms with Crippen molar-refractivity contribution in [3.8, 4) is 0 Å². The predicted octanol–water partition coefficient (Wildman–Crippen LogP) is 3.48. The van der Waals surface area contributed by atoms with Gasteiger partial charge in [-0.1, -0.05) is 28.1 Å². The number of aromatic carboxylic acids is 1. The minimum Gasteiger partial charge on any atom is -0.478 e. The van der Waals surface area contributed by atoms with E-state index in [0.29, 0.717) is 12.2 Å². The van der Waals surface area contributed by atoms with E-state index in [4.69, 9.17) is 10.8 Å². The SMILES string of the molecule is Nc1cc(C(=O)O)c(F)cc1NCc1cccc(Br)c1. The van der Waals surface area contributed by atoms with Gasteiger partial charge in [0.2, 0.25) is 0 Å². The number of hydrogen-bond donors (Lipinski definition) is 3. The summed E-state index contributed by atoms with van der Waals surface area (Å²) >= 11 is 3.36. The maximum atomic E-state index is 13.6. The van der Waals surface area contributed by atoms with Gasteiger partial charge in [-0.3, -0.25) is 0 Å². The molecule has 0 bridgehead atoms. The Bertz CT molecular complexity index is 662. The van der Waals surface area contributed by atoms with Crippen LogP contribution in [-0.2, 0) is 6.54 Å². The molecule has 0 aromatic heterocycles. The number of anilines is 2. The predicted molar refractivity (Wildman–Crippen MR) is 79.2 cm³/mol. The third kappa shape index (κ3) is 3.27. The average Bonchev–Trinajstić information content (AvgIpc) is 2.39. The van der Waals surface area contributed by atoms with E-state index >= 15 is 0 Å². The van der Waals surface area contributed by atoms with Gasteiger partial charge >= 0.3 is 5.97 Å². The molecular formula is C14H12BrFN2O2. The van der Waals surface area contributed by atoms with Crippen molar-refractivity contribution in [2.45, 2.75) is 6.54 Å². The topological polar surface area (TPSA) is 75.4 Å². The molecule has 104 valence electrons. The quantitative estimate of drug-likeness (QED) is 0.746. The molecular weight excluding hydrogens is 327 g/mol. The first-order valence-corrected chi connectivity index (χ1v) is 6.57. The minimum atomic E-state index is -1.34. The highest BCUT2D eigenvalue weighted by Crippen LogP contribution is 2.24. The lowest BCUT2D eigenvalue weighted by molar-refractivity contribution is 0.0692. The van der Waals surface area contributed by atoms with Crippen molar-refractivity contribution < 1.29 is 14.3 Å². The Labute approximate surface area is 123 Å². The monoisotopic (exact) mass is 338 g/mol. The Morgan fingerprint density at radius 1 is 1.35 bits per heavy atom. The number of carbonyl (C=O) groups is 1. The van der Waals surface area contributed by atoms with E-state index in [1.807, 2.05) is 24.3 Å². The molecule has 2 rings (SSSR count). The van der Waals surface area contributed by atoms with Crippen molar-refractivity contribution in [3.05, 3.63) is 57.8 Å². The summed E-state index contributed by atoms with van der Waals surface area (Å²) in [6, 6.07) is 9.83. The van der Waals surface area contributed by atoms with Gasteiger partial charge in [-0.05, 0) is 29.8 Å². The van der Waals surface area contributed by atoms with Crippen LogP contribution in [0.25, 0.3) is 0 Å². The molecule has 0 fully saturated rings. The Morgan fingerprint density at radius 3 is 2.75 bits per heavy atom. The molecule has 0 amide bonds. The second-order valence-electron chi connectivity index (χ2n) is 4.21. The van der Waals surface area contributed by atoms with Crippen molar-refractivity contribution in [2.75, 3.05) is 11.1 Å². The lowest BCUT2D eigenvalue weighted by Crippen LogP contribution is -2.07. The molecule has 0 radical (unpaired) electrons. The Hall–Kier alpha value is -2.08. The summed E-state index contributed by atoms with van der Waals surface area (Å²) < 4.78 is 14.5. The van der Waals surface area contributed by atoms with Crippen LogP contribution in [-0.4, -0.2) is 11.1 Å². The number of nitrogens with one attached hydrogen (secondary N) is 1. The first-order chi connectivity index (χ1) is 9.47. The van der Waals surface area contributed by atoms with Gasteiger partial charge in [0.1, 0.15) is 5.82 Å². The van der Waals surface area contributed by atoms with Gasteiger partial charge in [-0.25, -0.2) is 9.18 Å². The Kier molecular flexibility index (Phi) is 4.24. The maximum Gasteiger partial charge on any atom is 0.338 e. The number of carboxylic acids is 1. The van der Waals surface area contributed by atoms with Gasteiger partial charge in [0.25, 0.3) is 0 Å². The van der Waals surface area contributed by atoms with E-state index in [0.717, 1.165) is 22.2 Å². The number of benzene rings is 2. The summed E-state index contributed by atoms with van der Waals surface area (Å²) in [6.45, 7) is 0.454.